The van der Waals surface area contributed by atoms with Crippen molar-refractivity contribution in [2.75, 3.05) is 26.8 Å². The molecule has 0 spiro atoms. The van der Waals surface area contributed by atoms with E-state index in [9.17, 15) is 0 Å². The summed E-state index contributed by atoms with van der Waals surface area (Å²) in [7, 11) is 2.18. The molecule has 2 fully saturated rings. The van der Waals surface area contributed by atoms with Crippen LogP contribution in [0.3, 0.4) is 0 Å². The fourth-order valence-electron chi connectivity index (χ4n) is 2.53. The van der Waals surface area contributed by atoms with Crippen molar-refractivity contribution in [1.82, 2.24) is 10.2 Å². The highest BCUT2D eigenvalue weighted by Crippen LogP contribution is 2.28. The van der Waals surface area contributed by atoms with Gasteiger partial charge in [0.2, 0.25) is 0 Å². The zero-order chi connectivity index (χ0) is 14.5. The minimum absolute atomic E-state index is 0.778. The van der Waals surface area contributed by atoms with E-state index >= 15 is 0 Å². The highest BCUT2D eigenvalue weighted by molar-refractivity contribution is 5.23. The number of hydrogen-bond donors (Lipinski definition) is 1. The summed E-state index contributed by atoms with van der Waals surface area (Å²) >= 11 is 0. The zero-order valence-corrected chi connectivity index (χ0v) is 13.2. The van der Waals surface area contributed by atoms with Crippen molar-refractivity contribution in [3.05, 3.63) is 35.4 Å². The Morgan fingerprint density at radius 1 is 1.19 bits per heavy atom. The Hall–Kier alpha value is -0.900. The minimum atomic E-state index is 0.778. The first-order valence-electron chi connectivity index (χ1n) is 8.37. The Morgan fingerprint density at radius 2 is 2.00 bits per heavy atom. The molecule has 3 nitrogen and oxygen atoms in total. The second-order valence-corrected chi connectivity index (χ2v) is 6.73. The third-order valence-electron chi connectivity index (χ3n) is 4.28. The lowest BCUT2D eigenvalue weighted by Gasteiger charge is -2.17. The van der Waals surface area contributed by atoms with Crippen LogP contribution in [0.2, 0.25) is 0 Å². The molecule has 1 aromatic rings. The zero-order valence-electron chi connectivity index (χ0n) is 13.2. The molecule has 0 aromatic heterocycles. The number of nitrogens with zero attached hydrogens (tertiary/aromatic N) is 1. The van der Waals surface area contributed by atoms with E-state index in [1.165, 1.54) is 36.8 Å². The Morgan fingerprint density at radius 3 is 2.76 bits per heavy atom. The Labute approximate surface area is 128 Å². The highest BCUT2D eigenvalue weighted by atomic mass is 16.5. The molecule has 1 aromatic carbocycles. The van der Waals surface area contributed by atoms with Gasteiger partial charge in [0.1, 0.15) is 0 Å². The van der Waals surface area contributed by atoms with Crippen molar-refractivity contribution < 1.29 is 4.74 Å². The molecule has 0 unspecified atom stereocenters. The first-order chi connectivity index (χ1) is 10.3. The van der Waals surface area contributed by atoms with E-state index in [-0.39, 0.29) is 0 Å². The molecule has 0 bridgehead atoms. The molecule has 3 rings (SSSR count). The van der Waals surface area contributed by atoms with Crippen molar-refractivity contribution in [3.8, 4) is 0 Å². The van der Waals surface area contributed by atoms with E-state index in [0.717, 1.165) is 44.8 Å². The van der Waals surface area contributed by atoms with E-state index in [2.05, 4.69) is 41.5 Å². The molecule has 0 saturated heterocycles. The van der Waals surface area contributed by atoms with Crippen molar-refractivity contribution in [3.63, 3.8) is 0 Å². The van der Waals surface area contributed by atoms with Crippen LogP contribution in [-0.2, 0) is 17.8 Å². The van der Waals surface area contributed by atoms with Crippen molar-refractivity contribution in [2.24, 2.45) is 5.92 Å². The summed E-state index contributed by atoms with van der Waals surface area (Å²) in [4.78, 5) is 2.35. The number of likely N-dealkylation sites (N-methyl/N-ethyl adjacent to an activating group) is 1. The normalized spacial score (nSPS) is 18.4. The van der Waals surface area contributed by atoms with E-state index in [1.807, 2.05) is 0 Å². The van der Waals surface area contributed by atoms with Crippen molar-refractivity contribution in [1.29, 1.82) is 0 Å². The molecule has 1 N–H and O–H groups in total. The van der Waals surface area contributed by atoms with Crippen LogP contribution in [0.1, 0.15) is 36.8 Å². The maximum absolute atomic E-state index is 5.71. The molecule has 116 valence electrons. The number of hydrogen-bond acceptors (Lipinski definition) is 3. The second kappa shape index (κ2) is 7.39. The fraction of sp³-hybridized carbons (Fsp3) is 0.667. The molecule has 0 atom stereocenters. The molecule has 0 radical (unpaired) electrons. The number of rotatable bonds is 10. The van der Waals surface area contributed by atoms with Gasteiger partial charge in [0.15, 0.2) is 0 Å². The molecule has 3 heteroatoms. The third-order valence-corrected chi connectivity index (χ3v) is 4.28. The lowest BCUT2D eigenvalue weighted by Crippen LogP contribution is -2.23. The van der Waals surface area contributed by atoms with Crippen LogP contribution >= 0.6 is 0 Å². The molecular formula is C18H28N2O. The lowest BCUT2D eigenvalue weighted by atomic mass is 10.1. The molecule has 2 saturated carbocycles. The second-order valence-electron chi connectivity index (χ2n) is 6.73. The van der Waals surface area contributed by atoms with Crippen LogP contribution in [0.5, 0.6) is 0 Å². The smallest absolute Gasteiger partial charge is 0.0593 e. The van der Waals surface area contributed by atoms with Crippen LogP contribution in [-0.4, -0.2) is 37.7 Å². The van der Waals surface area contributed by atoms with Crippen LogP contribution in [0.25, 0.3) is 0 Å². The first kappa shape index (κ1) is 15.0. The number of nitrogens with one attached hydrogen (secondary N) is 1. The topological polar surface area (TPSA) is 24.5 Å². The Bertz CT molecular complexity index is 441. The fourth-order valence-corrected chi connectivity index (χ4v) is 2.53. The van der Waals surface area contributed by atoms with Gasteiger partial charge in [-0.2, -0.15) is 0 Å². The van der Waals surface area contributed by atoms with Crippen LogP contribution in [0.15, 0.2) is 24.3 Å². The molecule has 21 heavy (non-hydrogen) atoms. The Kier molecular flexibility index (Phi) is 5.28. The van der Waals surface area contributed by atoms with Gasteiger partial charge in [0, 0.05) is 32.3 Å². The molecular weight excluding hydrogens is 260 g/mol. The van der Waals surface area contributed by atoms with E-state index in [0.29, 0.717) is 0 Å². The summed E-state index contributed by atoms with van der Waals surface area (Å²) in [6.07, 6.45) is 5.45. The number of ether oxygens (including phenoxy) is 1. The van der Waals surface area contributed by atoms with Crippen LogP contribution < -0.4 is 5.32 Å². The summed E-state index contributed by atoms with van der Waals surface area (Å²) in [5, 5.41) is 3.58. The maximum atomic E-state index is 5.71. The maximum Gasteiger partial charge on any atom is 0.0593 e. The monoisotopic (exact) mass is 288 g/mol. The molecule has 2 aliphatic carbocycles. The number of benzene rings is 1. The lowest BCUT2D eigenvalue weighted by molar-refractivity contribution is 0.102. The van der Waals surface area contributed by atoms with E-state index < -0.39 is 0 Å². The molecule has 0 heterocycles. The predicted molar refractivity (Wildman–Crippen MR) is 86.2 cm³/mol. The van der Waals surface area contributed by atoms with E-state index in [1.54, 1.807) is 0 Å². The van der Waals surface area contributed by atoms with Crippen molar-refractivity contribution in [2.45, 2.75) is 44.8 Å². The van der Waals surface area contributed by atoms with Gasteiger partial charge in [-0.3, -0.25) is 4.90 Å². The largest absolute Gasteiger partial charge is 0.380 e. The van der Waals surface area contributed by atoms with Gasteiger partial charge in [0.25, 0.3) is 0 Å². The molecule has 0 aliphatic heterocycles. The quantitative estimate of drug-likeness (QED) is 0.670. The SMILES string of the molecule is CN(CCOCC1CC1)Cc1cccc(CNC2CC2)c1. The summed E-state index contributed by atoms with van der Waals surface area (Å²) in [6.45, 7) is 4.85. The van der Waals surface area contributed by atoms with Gasteiger partial charge in [-0.25, -0.2) is 0 Å². The Balaban J connectivity index is 1.36. The summed E-state index contributed by atoms with van der Waals surface area (Å²) in [6, 6.07) is 9.73. The van der Waals surface area contributed by atoms with Crippen molar-refractivity contribution >= 4 is 0 Å². The summed E-state index contributed by atoms with van der Waals surface area (Å²) in [5.74, 6) is 0.867. The van der Waals surface area contributed by atoms with Crippen LogP contribution in [0.4, 0.5) is 0 Å². The van der Waals surface area contributed by atoms with Gasteiger partial charge in [-0.05, 0) is 49.8 Å². The average Bonchev–Trinajstić information content (AvgIpc) is 3.37. The van der Waals surface area contributed by atoms with Gasteiger partial charge in [-0.15, -0.1) is 0 Å². The molecule has 2 aliphatic rings. The van der Waals surface area contributed by atoms with Gasteiger partial charge in [-0.1, -0.05) is 24.3 Å². The standard InChI is InChI=1S/C18H28N2O/c1-20(9-10-21-14-15-5-6-15)13-17-4-2-3-16(11-17)12-19-18-7-8-18/h2-4,11,15,18-19H,5-10,12-14H2,1H3. The minimum Gasteiger partial charge on any atom is -0.380 e. The van der Waals surface area contributed by atoms with Gasteiger partial charge >= 0.3 is 0 Å². The predicted octanol–water partition coefficient (Wildman–Crippen LogP) is 2.80. The van der Waals surface area contributed by atoms with Crippen LogP contribution in [0, 0.1) is 5.92 Å². The summed E-state index contributed by atoms with van der Waals surface area (Å²) < 4.78 is 5.71. The average molecular weight is 288 g/mol. The first-order valence-corrected chi connectivity index (χ1v) is 8.37. The summed E-state index contributed by atoms with van der Waals surface area (Å²) in [5.41, 5.74) is 2.80. The van der Waals surface area contributed by atoms with E-state index in [4.69, 9.17) is 4.74 Å². The molecule has 0 amide bonds. The van der Waals surface area contributed by atoms with Gasteiger partial charge < -0.3 is 10.1 Å². The highest BCUT2D eigenvalue weighted by Gasteiger charge is 2.21. The van der Waals surface area contributed by atoms with Gasteiger partial charge in [0.05, 0.1) is 6.61 Å². The third kappa shape index (κ3) is 5.77.